The van der Waals surface area contributed by atoms with E-state index in [2.05, 4.69) is 9.88 Å². The summed E-state index contributed by atoms with van der Waals surface area (Å²) in [7, 11) is -1.84. The highest BCUT2D eigenvalue weighted by Gasteiger charge is 2.36. The summed E-state index contributed by atoms with van der Waals surface area (Å²) in [6, 6.07) is -0.0860. The first-order valence-corrected chi connectivity index (χ1v) is 10.0. The fourth-order valence-corrected chi connectivity index (χ4v) is 5.19. The lowest BCUT2D eigenvalue weighted by Crippen LogP contribution is -2.54. The number of imidazole rings is 1. The molecule has 9 nitrogen and oxygen atoms in total. The zero-order valence-corrected chi connectivity index (χ0v) is 15.2. The van der Waals surface area contributed by atoms with Gasteiger partial charge in [-0.25, -0.2) is 18.2 Å². The molecule has 1 N–H and O–H groups in total. The van der Waals surface area contributed by atoms with Crippen LogP contribution in [-0.4, -0.2) is 88.6 Å². The zero-order chi connectivity index (χ0) is 18.0. The highest BCUT2D eigenvalue weighted by molar-refractivity contribution is 7.89. The molecule has 3 rings (SSSR count). The molecule has 1 aromatic heterocycles. The van der Waals surface area contributed by atoms with E-state index in [4.69, 9.17) is 5.11 Å². The van der Waals surface area contributed by atoms with E-state index < -0.39 is 16.1 Å². The van der Waals surface area contributed by atoms with E-state index in [0.717, 1.165) is 19.3 Å². The van der Waals surface area contributed by atoms with Crippen LogP contribution in [0.2, 0.25) is 0 Å². The molecule has 2 saturated heterocycles. The van der Waals surface area contributed by atoms with E-state index in [0.29, 0.717) is 39.3 Å². The van der Waals surface area contributed by atoms with Gasteiger partial charge in [0.2, 0.25) is 0 Å². The Morgan fingerprint density at radius 3 is 2.56 bits per heavy atom. The molecular formula is C15H25N5O4S. The third-order valence-corrected chi connectivity index (χ3v) is 6.78. The molecule has 1 aromatic rings. The maximum atomic E-state index is 12.9. The molecule has 0 radical (unpaired) electrons. The minimum absolute atomic E-state index is 0.0860. The van der Waals surface area contributed by atoms with Crippen LogP contribution in [0.3, 0.4) is 0 Å². The smallest absolute Gasteiger partial charge is 0.407 e. The van der Waals surface area contributed by atoms with Crippen LogP contribution in [-0.2, 0) is 17.1 Å². The first-order valence-electron chi connectivity index (χ1n) is 8.58. The molecule has 0 aliphatic carbocycles. The molecule has 25 heavy (non-hydrogen) atoms. The van der Waals surface area contributed by atoms with Gasteiger partial charge in [0.1, 0.15) is 0 Å². The second kappa shape index (κ2) is 7.30. The second-order valence-corrected chi connectivity index (χ2v) is 8.55. The number of aryl methyl sites for hydroxylation is 1. The average molecular weight is 371 g/mol. The fourth-order valence-electron chi connectivity index (χ4n) is 3.53. The van der Waals surface area contributed by atoms with E-state index in [-0.39, 0.29) is 11.1 Å². The quantitative estimate of drug-likeness (QED) is 0.815. The van der Waals surface area contributed by atoms with Crippen molar-refractivity contribution in [3.8, 4) is 0 Å². The summed E-state index contributed by atoms with van der Waals surface area (Å²) in [4.78, 5) is 18.6. The summed E-state index contributed by atoms with van der Waals surface area (Å²) in [6.07, 6.45) is 4.83. The molecule has 0 aromatic carbocycles. The molecular weight excluding hydrogens is 346 g/mol. The number of hydrogen-bond donors (Lipinski definition) is 1. The third kappa shape index (κ3) is 3.96. The minimum atomic E-state index is -3.60. The van der Waals surface area contributed by atoms with Crippen molar-refractivity contribution >= 4 is 16.1 Å². The van der Waals surface area contributed by atoms with Crippen molar-refractivity contribution in [3.05, 3.63) is 12.5 Å². The number of piperazine rings is 1. The van der Waals surface area contributed by atoms with E-state index in [1.807, 2.05) is 0 Å². The van der Waals surface area contributed by atoms with Crippen LogP contribution in [0, 0.1) is 0 Å². The van der Waals surface area contributed by atoms with E-state index >= 15 is 0 Å². The normalized spacial score (nSPS) is 23.7. The standard InChI is InChI=1S/C15H25N5O4S/c1-17-11-14(16-12-17)25(23,24)20-5-3-2-4-13(20)10-18-6-8-19(9-7-18)15(21)22/h11-13H,2-10H2,1H3,(H,21,22). The molecule has 0 spiro atoms. The SMILES string of the molecule is Cn1cnc(S(=O)(=O)N2CCCCC2CN2CCN(C(=O)O)CC2)c1. The first-order chi connectivity index (χ1) is 11.9. The van der Waals surface area contributed by atoms with Crippen LogP contribution in [0.15, 0.2) is 17.6 Å². The van der Waals surface area contributed by atoms with Gasteiger partial charge in [-0.2, -0.15) is 4.31 Å². The van der Waals surface area contributed by atoms with Crippen molar-refractivity contribution in [1.29, 1.82) is 0 Å². The van der Waals surface area contributed by atoms with Gasteiger partial charge in [0.05, 0.1) is 6.33 Å². The number of carboxylic acid groups (broad SMARTS) is 1. The monoisotopic (exact) mass is 371 g/mol. The molecule has 3 heterocycles. The van der Waals surface area contributed by atoms with Crippen molar-refractivity contribution in [2.24, 2.45) is 7.05 Å². The van der Waals surface area contributed by atoms with Crippen LogP contribution < -0.4 is 0 Å². The van der Waals surface area contributed by atoms with Crippen LogP contribution in [0.4, 0.5) is 4.79 Å². The lowest BCUT2D eigenvalue weighted by Gasteiger charge is -2.40. The Labute approximate surface area is 147 Å². The van der Waals surface area contributed by atoms with Crippen molar-refractivity contribution in [1.82, 2.24) is 23.7 Å². The Kier molecular flexibility index (Phi) is 5.30. The Morgan fingerprint density at radius 1 is 1.24 bits per heavy atom. The van der Waals surface area contributed by atoms with Crippen molar-refractivity contribution < 1.29 is 18.3 Å². The summed E-state index contributed by atoms with van der Waals surface area (Å²) in [5, 5.41) is 9.13. The molecule has 0 bridgehead atoms. The van der Waals surface area contributed by atoms with E-state index in [9.17, 15) is 13.2 Å². The summed E-state index contributed by atoms with van der Waals surface area (Å²) >= 11 is 0. The van der Waals surface area contributed by atoms with Crippen LogP contribution >= 0.6 is 0 Å². The van der Waals surface area contributed by atoms with Gasteiger partial charge in [-0.1, -0.05) is 6.42 Å². The summed E-state index contributed by atoms with van der Waals surface area (Å²) in [6.45, 7) is 3.36. The second-order valence-electron chi connectivity index (χ2n) is 6.71. The number of sulfonamides is 1. The van der Waals surface area contributed by atoms with Crippen molar-refractivity contribution in [2.75, 3.05) is 39.3 Å². The number of rotatable bonds is 4. The number of carbonyl (C=O) groups is 1. The molecule has 1 unspecified atom stereocenters. The molecule has 140 valence electrons. The minimum Gasteiger partial charge on any atom is -0.465 e. The van der Waals surface area contributed by atoms with Crippen molar-refractivity contribution in [3.63, 3.8) is 0 Å². The van der Waals surface area contributed by atoms with Gasteiger partial charge in [-0.3, -0.25) is 4.90 Å². The first kappa shape index (κ1) is 18.2. The maximum absolute atomic E-state index is 12.9. The largest absolute Gasteiger partial charge is 0.465 e. The fraction of sp³-hybridized carbons (Fsp3) is 0.733. The predicted molar refractivity (Wildman–Crippen MR) is 90.8 cm³/mol. The van der Waals surface area contributed by atoms with Gasteiger partial charge < -0.3 is 14.6 Å². The van der Waals surface area contributed by atoms with Crippen LogP contribution in [0.1, 0.15) is 19.3 Å². The van der Waals surface area contributed by atoms with Crippen molar-refractivity contribution in [2.45, 2.75) is 30.3 Å². The molecule has 1 amide bonds. The highest BCUT2D eigenvalue weighted by Crippen LogP contribution is 2.25. The number of nitrogens with zero attached hydrogens (tertiary/aromatic N) is 5. The lowest BCUT2D eigenvalue weighted by atomic mass is 10.0. The number of piperidine rings is 1. The molecule has 2 aliphatic rings. The van der Waals surface area contributed by atoms with Crippen LogP contribution in [0.5, 0.6) is 0 Å². The van der Waals surface area contributed by atoms with Gasteiger partial charge in [0.25, 0.3) is 10.0 Å². The van der Waals surface area contributed by atoms with Gasteiger partial charge in [-0.05, 0) is 12.8 Å². The molecule has 2 fully saturated rings. The number of amides is 1. The maximum Gasteiger partial charge on any atom is 0.407 e. The molecule has 0 saturated carbocycles. The van der Waals surface area contributed by atoms with Crippen LogP contribution in [0.25, 0.3) is 0 Å². The van der Waals surface area contributed by atoms with Gasteiger partial charge in [0.15, 0.2) is 5.03 Å². The Hall–Kier alpha value is -1.65. The number of aromatic nitrogens is 2. The summed E-state index contributed by atoms with van der Waals surface area (Å²) in [5.74, 6) is 0. The van der Waals surface area contributed by atoms with E-state index in [1.54, 1.807) is 15.9 Å². The highest BCUT2D eigenvalue weighted by atomic mass is 32.2. The number of hydrogen-bond acceptors (Lipinski definition) is 5. The topological polar surface area (TPSA) is 99.0 Å². The lowest BCUT2D eigenvalue weighted by molar-refractivity contribution is 0.0902. The average Bonchev–Trinajstić information content (AvgIpc) is 3.03. The predicted octanol–water partition coefficient (Wildman–Crippen LogP) is 0.259. The van der Waals surface area contributed by atoms with Gasteiger partial charge in [-0.15, -0.1) is 0 Å². The van der Waals surface area contributed by atoms with Gasteiger partial charge in [0, 0.05) is 58.6 Å². The summed E-state index contributed by atoms with van der Waals surface area (Å²) in [5.41, 5.74) is 0. The molecule has 1 atom stereocenters. The Balaban J connectivity index is 1.68. The third-order valence-electron chi connectivity index (χ3n) is 4.94. The Morgan fingerprint density at radius 2 is 1.96 bits per heavy atom. The molecule has 2 aliphatic heterocycles. The van der Waals surface area contributed by atoms with Gasteiger partial charge >= 0.3 is 6.09 Å². The summed E-state index contributed by atoms with van der Waals surface area (Å²) < 4.78 is 29.1. The zero-order valence-electron chi connectivity index (χ0n) is 14.4. The Bertz CT molecular complexity index is 711. The van der Waals surface area contributed by atoms with E-state index in [1.165, 1.54) is 17.4 Å². The molecule has 10 heteroatoms.